The highest BCUT2D eigenvalue weighted by atomic mass is 16.5. The minimum atomic E-state index is 0.854. The van der Waals surface area contributed by atoms with E-state index in [9.17, 15) is 0 Å². The van der Waals surface area contributed by atoms with Gasteiger partial charge >= 0.3 is 0 Å². The molecular formula is C17H19N3O. The number of benzene rings is 2. The molecule has 0 N–H and O–H groups in total. The van der Waals surface area contributed by atoms with E-state index in [-0.39, 0.29) is 0 Å². The Morgan fingerprint density at radius 3 is 2.67 bits per heavy atom. The topological polar surface area (TPSA) is 28.1 Å². The Kier molecular flexibility index (Phi) is 3.33. The van der Waals surface area contributed by atoms with E-state index < -0.39 is 0 Å². The first-order chi connectivity index (χ1) is 10.4. The Morgan fingerprint density at radius 1 is 1.00 bits per heavy atom. The summed E-state index contributed by atoms with van der Waals surface area (Å²) in [5.74, 6) is 0. The molecule has 0 aliphatic carbocycles. The Labute approximate surface area is 124 Å². The lowest BCUT2D eigenvalue weighted by Gasteiger charge is -2.31. The Balaban J connectivity index is 1.58. The summed E-state index contributed by atoms with van der Waals surface area (Å²) in [6.45, 7) is 5.79. The van der Waals surface area contributed by atoms with Crippen LogP contribution in [0.1, 0.15) is 0 Å². The third kappa shape index (κ3) is 2.41. The molecule has 1 fully saturated rings. The van der Waals surface area contributed by atoms with E-state index in [1.165, 1.54) is 16.5 Å². The van der Waals surface area contributed by atoms with E-state index in [1.54, 1.807) is 0 Å². The highest BCUT2D eigenvalue weighted by molar-refractivity contribution is 6.09. The van der Waals surface area contributed by atoms with Crippen LogP contribution in [0.3, 0.4) is 0 Å². The molecule has 0 atom stereocenters. The molecule has 2 aliphatic heterocycles. The molecule has 2 aromatic rings. The highest BCUT2D eigenvalue weighted by Crippen LogP contribution is 2.36. The van der Waals surface area contributed by atoms with Gasteiger partial charge in [0, 0.05) is 31.6 Å². The van der Waals surface area contributed by atoms with Gasteiger partial charge in [-0.2, -0.15) is 0 Å². The molecular weight excluding hydrogens is 262 g/mol. The molecule has 2 aliphatic rings. The maximum atomic E-state index is 5.40. The van der Waals surface area contributed by atoms with E-state index in [0.29, 0.717) is 0 Å². The van der Waals surface area contributed by atoms with Gasteiger partial charge in [0.15, 0.2) is 0 Å². The van der Waals surface area contributed by atoms with Crippen LogP contribution < -0.4 is 4.90 Å². The third-order valence-corrected chi connectivity index (χ3v) is 4.27. The largest absolute Gasteiger partial charge is 0.379 e. The number of hydrogen-bond donors (Lipinski definition) is 0. The van der Waals surface area contributed by atoms with Crippen molar-refractivity contribution in [1.82, 2.24) is 4.90 Å². The molecule has 0 unspecified atom stereocenters. The van der Waals surface area contributed by atoms with Crippen LogP contribution in [-0.4, -0.2) is 50.6 Å². The summed E-state index contributed by atoms with van der Waals surface area (Å²) in [5.41, 5.74) is 2.34. The average Bonchev–Trinajstić information content (AvgIpc) is 2.56. The van der Waals surface area contributed by atoms with Crippen molar-refractivity contribution in [2.75, 3.05) is 44.3 Å². The molecule has 0 saturated carbocycles. The van der Waals surface area contributed by atoms with E-state index in [1.807, 2.05) is 6.34 Å². The van der Waals surface area contributed by atoms with Gasteiger partial charge in [-0.05, 0) is 17.5 Å². The van der Waals surface area contributed by atoms with E-state index in [2.05, 4.69) is 51.2 Å². The van der Waals surface area contributed by atoms with Crippen molar-refractivity contribution in [2.24, 2.45) is 4.99 Å². The zero-order valence-electron chi connectivity index (χ0n) is 12.0. The smallest absolute Gasteiger partial charge is 0.0957 e. The Morgan fingerprint density at radius 2 is 1.81 bits per heavy atom. The minimum absolute atomic E-state index is 0.854. The molecule has 0 bridgehead atoms. The average molecular weight is 281 g/mol. The monoisotopic (exact) mass is 281 g/mol. The lowest BCUT2D eigenvalue weighted by atomic mass is 10.1. The summed E-state index contributed by atoms with van der Waals surface area (Å²) < 4.78 is 5.40. The van der Waals surface area contributed by atoms with Crippen molar-refractivity contribution in [3.05, 3.63) is 36.4 Å². The molecule has 21 heavy (non-hydrogen) atoms. The molecule has 4 heteroatoms. The summed E-state index contributed by atoms with van der Waals surface area (Å²) >= 11 is 0. The van der Waals surface area contributed by atoms with Gasteiger partial charge in [-0.15, -0.1) is 0 Å². The van der Waals surface area contributed by atoms with Gasteiger partial charge in [0.1, 0.15) is 0 Å². The van der Waals surface area contributed by atoms with Gasteiger partial charge in [-0.25, -0.2) is 4.99 Å². The summed E-state index contributed by atoms with van der Waals surface area (Å²) in [4.78, 5) is 9.34. The first-order valence-corrected chi connectivity index (χ1v) is 7.54. The van der Waals surface area contributed by atoms with Gasteiger partial charge in [0.2, 0.25) is 0 Å². The number of rotatable bonds is 3. The lowest BCUT2D eigenvalue weighted by molar-refractivity contribution is 0.0395. The van der Waals surface area contributed by atoms with Crippen molar-refractivity contribution in [1.29, 1.82) is 0 Å². The Hall–Kier alpha value is -1.91. The normalized spacial score (nSPS) is 18.4. The summed E-state index contributed by atoms with van der Waals surface area (Å²) in [7, 11) is 0. The number of hydrogen-bond acceptors (Lipinski definition) is 4. The van der Waals surface area contributed by atoms with Crippen LogP contribution in [-0.2, 0) is 4.74 Å². The molecule has 2 heterocycles. The van der Waals surface area contributed by atoms with Crippen LogP contribution in [0.25, 0.3) is 10.8 Å². The predicted octanol–water partition coefficient (Wildman–Crippen LogP) is 2.65. The standard InChI is InChI=1S/C17H19N3O/c1-3-14-4-2-6-16-17(14)15(5-1)18-13-20(16)8-7-19-9-11-21-12-10-19/h1-6,13H,7-12H2. The highest BCUT2D eigenvalue weighted by Gasteiger charge is 2.17. The van der Waals surface area contributed by atoms with Gasteiger partial charge in [0.05, 0.1) is 30.9 Å². The first-order valence-electron chi connectivity index (χ1n) is 7.54. The number of ether oxygens (including phenoxy) is 1. The van der Waals surface area contributed by atoms with E-state index >= 15 is 0 Å². The zero-order chi connectivity index (χ0) is 14.1. The summed E-state index contributed by atoms with van der Waals surface area (Å²) in [6, 6.07) is 12.8. The maximum Gasteiger partial charge on any atom is 0.0957 e. The second-order valence-electron chi connectivity index (χ2n) is 5.54. The van der Waals surface area contributed by atoms with Crippen LogP contribution in [0.4, 0.5) is 11.4 Å². The number of aliphatic imine (C=N–C) groups is 1. The first kappa shape index (κ1) is 12.8. The van der Waals surface area contributed by atoms with Gasteiger partial charge in [-0.1, -0.05) is 24.3 Å². The Bertz CT molecular complexity index is 672. The molecule has 4 nitrogen and oxygen atoms in total. The maximum absolute atomic E-state index is 5.40. The minimum Gasteiger partial charge on any atom is -0.379 e. The quantitative estimate of drug-likeness (QED) is 0.866. The van der Waals surface area contributed by atoms with Crippen LogP contribution in [0.2, 0.25) is 0 Å². The van der Waals surface area contributed by atoms with E-state index in [4.69, 9.17) is 4.74 Å². The van der Waals surface area contributed by atoms with Crippen molar-refractivity contribution >= 4 is 28.5 Å². The molecule has 108 valence electrons. The summed E-state index contributed by atoms with van der Waals surface area (Å²) in [6.07, 6.45) is 1.97. The van der Waals surface area contributed by atoms with Gasteiger partial charge < -0.3 is 9.64 Å². The van der Waals surface area contributed by atoms with E-state index in [0.717, 1.165) is 45.1 Å². The fourth-order valence-corrected chi connectivity index (χ4v) is 3.09. The number of nitrogens with zero attached hydrogens (tertiary/aromatic N) is 3. The second kappa shape index (κ2) is 5.47. The molecule has 4 rings (SSSR count). The number of anilines is 1. The fraction of sp³-hybridized carbons (Fsp3) is 0.353. The van der Waals surface area contributed by atoms with Crippen molar-refractivity contribution in [2.45, 2.75) is 0 Å². The second-order valence-corrected chi connectivity index (χ2v) is 5.54. The van der Waals surface area contributed by atoms with Gasteiger partial charge in [-0.3, -0.25) is 4.90 Å². The molecule has 1 saturated heterocycles. The molecule has 2 aromatic carbocycles. The summed E-state index contributed by atoms with van der Waals surface area (Å²) in [5, 5.41) is 2.53. The van der Waals surface area contributed by atoms with Gasteiger partial charge in [0.25, 0.3) is 0 Å². The van der Waals surface area contributed by atoms with Crippen molar-refractivity contribution in [3.63, 3.8) is 0 Å². The lowest BCUT2D eigenvalue weighted by Crippen LogP contribution is -2.41. The van der Waals surface area contributed by atoms with Crippen LogP contribution in [0, 0.1) is 0 Å². The molecule has 0 aromatic heterocycles. The number of morpholine rings is 1. The zero-order valence-corrected chi connectivity index (χ0v) is 12.0. The SMILES string of the molecule is C1=Nc2cccc3cccc(c23)N1CCN1CCOCC1. The predicted molar refractivity (Wildman–Crippen MR) is 86.7 cm³/mol. The molecule has 0 amide bonds. The third-order valence-electron chi connectivity index (χ3n) is 4.27. The fourth-order valence-electron chi connectivity index (χ4n) is 3.09. The van der Waals surface area contributed by atoms with Crippen LogP contribution in [0.15, 0.2) is 41.4 Å². The van der Waals surface area contributed by atoms with Crippen molar-refractivity contribution < 1.29 is 4.74 Å². The van der Waals surface area contributed by atoms with Crippen LogP contribution >= 0.6 is 0 Å². The molecule has 0 radical (unpaired) electrons. The van der Waals surface area contributed by atoms with Crippen LogP contribution in [0.5, 0.6) is 0 Å². The molecule has 0 spiro atoms. The van der Waals surface area contributed by atoms with Crippen molar-refractivity contribution in [3.8, 4) is 0 Å².